The lowest BCUT2D eigenvalue weighted by Crippen LogP contribution is -1.97. The van der Waals surface area contributed by atoms with Crippen LogP contribution < -0.4 is 0 Å². The summed E-state index contributed by atoms with van der Waals surface area (Å²) >= 11 is 0. The molecule has 0 amide bonds. The van der Waals surface area contributed by atoms with Crippen LogP contribution in [-0.4, -0.2) is 17.2 Å². The van der Waals surface area contributed by atoms with Crippen LogP contribution >= 0.6 is 21.6 Å². The first-order valence-electron chi connectivity index (χ1n) is 3.67. The third-order valence-electron chi connectivity index (χ3n) is 0.733. The summed E-state index contributed by atoms with van der Waals surface area (Å²) in [6, 6.07) is 0. The first kappa shape index (κ1) is 11.2. The monoisotopic (exact) mass is 194 g/mol. The molecule has 0 aromatic carbocycles. The molecule has 0 aliphatic carbocycles. The van der Waals surface area contributed by atoms with E-state index in [1.807, 2.05) is 20.8 Å². The molecule has 0 aliphatic rings. The molecule has 0 rings (SSSR count). The van der Waals surface area contributed by atoms with Crippen LogP contribution in [0.1, 0.15) is 27.2 Å². The Kier molecular flexibility index (Phi) is 6.96. The van der Waals surface area contributed by atoms with Gasteiger partial charge in [-0.3, -0.25) is 0 Å². The van der Waals surface area contributed by atoms with E-state index in [-0.39, 0.29) is 5.30 Å². The Balaban J connectivity index is 3.23. The topological polar surface area (TPSA) is 26.3 Å². The van der Waals surface area contributed by atoms with Crippen LogP contribution in [-0.2, 0) is 4.74 Å². The lowest BCUT2D eigenvalue weighted by atomic mass is 10.5. The van der Waals surface area contributed by atoms with Crippen molar-refractivity contribution in [3.63, 3.8) is 0 Å². The Hall–Kier alpha value is 0.170. The normalized spacial score (nSPS) is 10.2. The largest absolute Gasteiger partial charge is 0.457 e. The van der Waals surface area contributed by atoms with Crippen molar-refractivity contribution < 1.29 is 9.53 Å². The lowest BCUT2D eigenvalue weighted by Gasteiger charge is -2.02. The zero-order chi connectivity index (χ0) is 8.69. The lowest BCUT2D eigenvalue weighted by molar-refractivity contribution is 0.175. The summed E-state index contributed by atoms with van der Waals surface area (Å²) in [6.07, 6.45) is 0.888. The van der Waals surface area contributed by atoms with Crippen LogP contribution in [0.3, 0.4) is 0 Å². The molecule has 0 saturated heterocycles. The second-order valence-electron chi connectivity index (χ2n) is 2.33. The molecule has 0 N–H and O–H groups in total. The SMILES string of the molecule is CCCOC(=O)SSC(C)C. The summed E-state index contributed by atoms with van der Waals surface area (Å²) in [5, 5.41) is 0.291. The Bertz CT molecular complexity index is 115. The van der Waals surface area contributed by atoms with Gasteiger partial charge in [0.15, 0.2) is 0 Å². The Morgan fingerprint density at radius 2 is 2.18 bits per heavy atom. The van der Waals surface area contributed by atoms with Crippen molar-refractivity contribution in [2.24, 2.45) is 0 Å². The average molecular weight is 194 g/mol. The van der Waals surface area contributed by atoms with Crippen LogP contribution in [0.25, 0.3) is 0 Å². The van der Waals surface area contributed by atoms with Crippen LogP contribution in [0.2, 0.25) is 0 Å². The van der Waals surface area contributed by atoms with Crippen molar-refractivity contribution in [1.29, 1.82) is 0 Å². The summed E-state index contributed by atoms with van der Waals surface area (Å²) < 4.78 is 4.84. The minimum absolute atomic E-state index is 0.175. The highest BCUT2D eigenvalue weighted by Gasteiger charge is 2.04. The fourth-order valence-electron chi connectivity index (χ4n) is 0.345. The maximum Gasteiger partial charge on any atom is 0.378 e. The molecular formula is C7H14O2S2. The highest BCUT2D eigenvalue weighted by molar-refractivity contribution is 8.82. The molecule has 0 heterocycles. The highest BCUT2D eigenvalue weighted by atomic mass is 33.1. The molecule has 0 fully saturated rings. The summed E-state index contributed by atoms with van der Waals surface area (Å²) in [5.41, 5.74) is 0. The first-order valence-corrected chi connectivity index (χ1v) is 5.88. The molecule has 0 aromatic heterocycles. The van der Waals surface area contributed by atoms with Gasteiger partial charge in [-0.05, 0) is 6.42 Å². The quantitative estimate of drug-likeness (QED) is 0.506. The number of hydrogen-bond donors (Lipinski definition) is 0. The van der Waals surface area contributed by atoms with E-state index in [4.69, 9.17) is 4.74 Å². The van der Waals surface area contributed by atoms with E-state index < -0.39 is 0 Å². The number of hydrogen-bond acceptors (Lipinski definition) is 4. The van der Waals surface area contributed by atoms with E-state index >= 15 is 0 Å². The zero-order valence-electron chi connectivity index (χ0n) is 7.12. The molecular weight excluding hydrogens is 180 g/mol. The van der Waals surface area contributed by atoms with Gasteiger partial charge < -0.3 is 4.74 Å². The van der Waals surface area contributed by atoms with Gasteiger partial charge in [0.25, 0.3) is 0 Å². The van der Waals surface area contributed by atoms with Crippen molar-refractivity contribution in [2.45, 2.75) is 32.4 Å². The molecule has 66 valence electrons. The van der Waals surface area contributed by atoms with Crippen LogP contribution in [0.5, 0.6) is 0 Å². The van der Waals surface area contributed by atoms with Crippen molar-refractivity contribution in [3.8, 4) is 0 Å². The molecule has 0 atom stereocenters. The number of rotatable bonds is 4. The molecule has 2 nitrogen and oxygen atoms in total. The van der Waals surface area contributed by atoms with Crippen molar-refractivity contribution in [1.82, 2.24) is 0 Å². The second kappa shape index (κ2) is 6.85. The van der Waals surface area contributed by atoms with E-state index in [0.29, 0.717) is 11.9 Å². The van der Waals surface area contributed by atoms with Gasteiger partial charge in [0, 0.05) is 16.0 Å². The predicted octanol–water partition coefficient (Wildman–Crippen LogP) is 3.32. The molecule has 0 aromatic rings. The van der Waals surface area contributed by atoms with Crippen molar-refractivity contribution in [3.05, 3.63) is 0 Å². The van der Waals surface area contributed by atoms with Gasteiger partial charge in [0.05, 0.1) is 6.61 Å². The van der Waals surface area contributed by atoms with Crippen LogP contribution in [0.15, 0.2) is 0 Å². The first-order chi connectivity index (χ1) is 5.16. The smallest absolute Gasteiger partial charge is 0.378 e. The third-order valence-corrected chi connectivity index (χ3v) is 3.32. The van der Waals surface area contributed by atoms with E-state index in [9.17, 15) is 4.79 Å². The Labute approximate surface area is 75.9 Å². The highest BCUT2D eigenvalue weighted by Crippen LogP contribution is 2.27. The third kappa shape index (κ3) is 8.07. The minimum atomic E-state index is -0.175. The van der Waals surface area contributed by atoms with Gasteiger partial charge in [0.2, 0.25) is 0 Å². The summed E-state index contributed by atoms with van der Waals surface area (Å²) in [7, 11) is 2.71. The van der Waals surface area contributed by atoms with Gasteiger partial charge in [-0.2, -0.15) is 0 Å². The Morgan fingerprint density at radius 1 is 1.55 bits per heavy atom. The number of carbonyl (C=O) groups is 1. The second-order valence-corrected chi connectivity index (χ2v) is 5.04. The molecule has 0 spiro atoms. The van der Waals surface area contributed by atoms with Crippen LogP contribution in [0, 0.1) is 0 Å². The predicted molar refractivity (Wildman–Crippen MR) is 52.0 cm³/mol. The Morgan fingerprint density at radius 3 is 2.64 bits per heavy atom. The van der Waals surface area contributed by atoms with E-state index in [1.54, 1.807) is 0 Å². The molecule has 11 heavy (non-hydrogen) atoms. The molecule has 4 heteroatoms. The summed E-state index contributed by atoms with van der Waals surface area (Å²) in [5.74, 6) is 0. The average Bonchev–Trinajstić information content (AvgIpc) is 1.97. The molecule has 0 radical (unpaired) electrons. The van der Waals surface area contributed by atoms with Gasteiger partial charge in [-0.1, -0.05) is 31.6 Å². The van der Waals surface area contributed by atoms with Crippen LogP contribution in [0.4, 0.5) is 4.79 Å². The van der Waals surface area contributed by atoms with Gasteiger partial charge in [0.1, 0.15) is 0 Å². The van der Waals surface area contributed by atoms with Gasteiger partial charge in [-0.15, -0.1) is 0 Å². The van der Waals surface area contributed by atoms with Crippen molar-refractivity contribution in [2.75, 3.05) is 6.61 Å². The molecule has 0 saturated carbocycles. The molecule has 0 aliphatic heterocycles. The number of ether oxygens (including phenoxy) is 1. The molecule has 0 bridgehead atoms. The maximum absolute atomic E-state index is 10.8. The fourth-order valence-corrected chi connectivity index (χ4v) is 1.70. The maximum atomic E-state index is 10.8. The standard InChI is InChI=1S/C7H14O2S2/c1-4-5-9-7(8)11-10-6(2)3/h6H,4-5H2,1-3H3. The van der Waals surface area contributed by atoms with E-state index in [2.05, 4.69) is 0 Å². The zero-order valence-corrected chi connectivity index (χ0v) is 8.76. The van der Waals surface area contributed by atoms with Gasteiger partial charge in [-0.25, -0.2) is 4.79 Å². The summed E-state index contributed by atoms with van der Waals surface area (Å²) in [4.78, 5) is 10.8. The molecule has 0 unspecified atom stereocenters. The fraction of sp³-hybridized carbons (Fsp3) is 0.857. The van der Waals surface area contributed by atoms with E-state index in [0.717, 1.165) is 6.42 Å². The minimum Gasteiger partial charge on any atom is -0.457 e. The van der Waals surface area contributed by atoms with Gasteiger partial charge >= 0.3 is 5.30 Å². The summed E-state index contributed by atoms with van der Waals surface area (Å²) in [6.45, 7) is 6.60. The van der Waals surface area contributed by atoms with Crippen molar-refractivity contribution >= 4 is 26.9 Å². The van der Waals surface area contributed by atoms with E-state index in [1.165, 1.54) is 21.6 Å². The number of carbonyl (C=O) groups excluding carboxylic acids is 1.